The summed E-state index contributed by atoms with van der Waals surface area (Å²) in [6.07, 6.45) is 1.30. The fourth-order valence-corrected chi connectivity index (χ4v) is 1.90. The van der Waals surface area contributed by atoms with E-state index in [0.717, 1.165) is 6.42 Å². The molecule has 3 N–H and O–H groups in total. The molecule has 2 amide bonds. The Hall–Kier alpha value is -2.17. The molecule has 1 unspecified atom stereocenters. The molecule has 0 bridgehead atoms. The van der Waals surface area contributed by atoms with Gasteiger partial charge in [0.15, 0.2) is 0 Å². The highest BCUT2D eigenvalue weighted by Gasteiger charge is 2.31. The minimum absolute atomic E-state index is 0.282. The zero-order valence-electron chi connectivity index (χ0n) is 10.1. The van der Waals surface area contributed by atoms with E-state index in [4.69, 9.17) is 5.73 Å². The Morgan fingerprint density at radius 3 is 2.78 bits per heavy atom. The van der Waals surface area contributed by atoms with Crippen LogP contribution < -0.4 is 11.1 Å². The van der Waals surface area contributed by atoms with Gasteiger partial charge in [0.05, 0.1) is 0 Å². The number of anilines is 1. The van der Waals surface area contributed by atoms with Crippen LogP contribution in [0.4, 0.5) is 5.69 Å². The lowest BCUT2D eigenvalue weighted by atomic mass is 10.00. The second-order valence-corrected chi connectivity index (χ2v) is 4.25. The SMILES string of the molecule is CCCC1C(=O)N=C(c2cccc(N)c2)NC1=O. The van der Waals surface area contributed by atoms with Gasteiger partial charge in [-0.25, -0.2) is 0 Å². The number of carbonyl (C=O) groups excluding carboxylic acids is 2. The molecule has 0 saturated carbocycles. The van der Waals surface area contributed by atoms with Crippen molar-refractivity contribution in [2.24, 2.45) is 10.9 Å². The number of nitrogens with zero attached hydrogens (tertiary/aromatic N) is 1. The summed E-state index contributed by atoms with van der Waals surface area (Å²) in [6, 6.07) is 6.91. The highest BCUT2D eigenvalue weighted by molar-refractivity contribution is 6.20. The van der Waals surface area contributed by atoms with E-state index in [2.05, 4.69) is 10.3 Å². The van der Waals surface area contributed by atoms with E-state index in [9.17, 15) is 9.59 Å². The number of hydrogen-bond donors (Lipinski definition) is 2. The third-order valence-corrected chi connectivity index (χ3v) is 2.82. The van der Waals surface area contributed by atoms with Gasteiger partial charge in [-0.1, -0.05) is 25.5 Å². The van der Waals surface area contributed by atoms with Crippen LogP contribution >= 0.6 is 0 Å². The molecular weight excluding hydrogens is 230 g/mol. The van der Waals surface area contributed by atoms with Crippen LogP contribution in [-0.2, 0) is 9.59 Å². The van der Waals surface area contributed by atoms with Crippen LogP contribution in [0.25, 0.3) is 0 Å². The van der Waals surface area contributed by atoms with Crippen molar-refractivity contribution in [3.63, 3.8) is 0 Å². The first-order valence-electron chi connectivity index (χ1n) is 5.91. The van der Waals surface area contributed by atoms with Crippen molar-refractivity contribution in [3.05, 3.63) is 29.8 Å². The summed E-state index contributed by atoms with van der Waals surface area (Å²) in [6.45, 7) is 1.93. The lowest BCUT2D eigenvalue weighted by Crippen LogP contribution is -2.44. The van der Waals surface area contributed by atoms with Crippen LogP contribution in [0, 0.1) is 5.92 Å². The fraction of sp³-hybridized carbons (Fsp3) is 0.308. The molecule has 1 aromatic carbocycles. The average Bonchev–Trinajstić information content (AvgIpc) is 2.33. The Balaban J connectivity index is 2.29. The van der Waals surface area contributed by atoms with Crippen LogP contribution in [0.2, 0.25) is 0 Å². The van der Waals surface area contributed by atoms with E-state index in [1.165, 1.54) is 0 Å². The van der Waals surface area contributed by atoms with Gasteiger partial charge in [-0.05, 0) is 18.6 Å². The molecular formula is C13H15N3O2. The van der Waals surface area contributed by atoms with Crippen molar-refractivity contribution in [3.8, 4) is 0 Å². The Kier molecular flexibility index (Phi) is 3.41. The monoisotopic (exact) mass is 245 g/mol. The number of hydrogen-bond acceptors (Lipinski definition) is 3. The molecule has 0 fully saturated rings. The zero-order valence-corrected chi connectivity index (χ0v) is 10.1. The van der Waals surface area contributed by atoms with Gasteiger partial charge < -0.3 is 11.1 Å². The first-order valence-corrected chi connectivity index (χ1v) is 5.91. The summed E-state index contributed by atoms with van der Waals surface area (Å²) in [5.74, 6) is -1.03. The number of nitrogen functional groups attached to an aromatic ring is 1. The van der Waals surface area contributed by atoms with E-state index in [1.54, 1.807) is 24.3 Å². The molecule has 0 saturated heterocycles. The molecule has 0 aromatic heterocycles. The molecule has 0 radical (unpaired) electrons. The van der Waals surface area contributed by atoms with Gasteiger partial charge in [0, 0.05) is 11.3 Å². The van der Waals surface area contributed by atoms with Crippen molar-refractivity contribution >= 4 is 23.3 Å². The molecule has 5 nitrogen and oxygen atoms in total. The van der Waals surface area contributed by atoms with Crippen molar-refractivity contribution in [2.75, 3.05) is 5.73 Å². The van der Waals surface area contributed by atoms with Crippen LogP contribution in [0.1, 0.15) is 25.3 Å². The first-order chi connectivity index (χ1) is 8.61. The average molecular weight is 245 g/mol. The van der Waals surface area contributed by atoms with E-state index < -0.39 is 5.92 Å². The summed E-state index contributed by atoms with van der Waals surface area (Å²) in [5, 5.41) is 2.66. The van der Waals surface area contributed by atoms with E-state index in [0.29, 0.717) is 17.7 Å². The Bertz CT molecular complexity index is 523. The predicted molar refractivity (Wildman–Crippen MR) is 68.9 cm³/mol. The molecule has 1 heterocycles. The lowest BCUT2D eigenvalue weighted by molar-refractivity contribution is -0.133. The highest BCUT2D eigenvalue weighted by atomic mass is 16.2. The molecule has 0 aliphatic carbocycles. The molecule has 1 aliphatic rings. The molecule has 0 spiro atoms. The number of amidine groups is 1. The normalized spacial score (nSPS) is 19.4. The number of rotatable bonds is 3. The number of benzene rings is 1. The van der Waals surface area contributed by atoms with E-state index in [-0.39, 0.29) is 17.6 Å². The summed E-state index contributed by atoms with van der Waals surface area (Å²) in [4.78, 5) is 27.5. The summed E-state index contributed by atoms with van der Waals surface area (Å²) >= 11 is 0. The Morgan fingerprint density at radius 2 is 2.17 bits per heavy atom. The summed E-state index contributed by atoms with van der Waals surface area (Å²) in [5.41, 5.74) is 6.86. The van der Waals surface area contributed by atoms with Gasteiger partial charge in [0.2, 0.25) is 5.91 Å². The number of amides is 2. The second kappa shape index (κ2) is 5.00. The van der Waals surface area contributed by atoms with Gasteiger partial charge in [-0.2, -0.15) is 4.99 Å². The number of carbonyl (C=O) groups is 2. The fourth-order valence-electron chi connectivity index (χ4n) is 1.90. The molecule has 2 rings (SSSR count). The van der Waals surface area contributed by atoms with Gasteiger partial charge in [0.1, 0.15) is 11.8 Å². The number of nitrogens with one attached hydrogen (secondary N) is 1. The van der Waals surface area contributed by atoms with Gasteiger partial charge >= 0.3 is 0 Å². The molecule has 1 atom stereocenters. The maximum atomic E-state index is 11.8. The minimum Gasteiger partial charge on any atom is -0.399 e. The van der Waals surface area contributed by atoms with Gasteiger partial charge in [0.25, 0.3) is 5.91 Å². The van der Waals surface area contributed by atoms with E-state index >= 15 is 0 Å². The highest BCUT2D eigenvalue weighted by Crippen LogP contribution is 2.15. The van der Waals surface area contributed by atoms with E-state index in [1.807, 2.05) is 6.92 Å². The Morgan fingerprint density at radius 1 is 1.39 bits per heavy atom. The van der Waals surface area contributed by atoms with Crippen molar-refractivity contribution in [1.29, 1.82) is 0 Å². The number of aliphatic imine (C=N–C) groups is 1. The van der Waals surface area contributed by atoms with Crippen LogP contribution in [0.3, 0.4) is 0 Å². The standard InChI is InChI=1S/C13H15N3O2/c1-2-4-10-12(17)15-11(16-13(10)18)8-5-3-6-9(14)7-8/h3,5-7,10H,2,4,14H2,1H3,(H,15,16,17,18). The predicted octanol–water partition coefficient (Wildman–Crippen LogP) is 1.09. The van der Waals surface area contributed by atoms with Gasteiger partial charge in [-0.15, -0.1) is 0 Å². The summed E-state index contributed by atoms with van der Waals surface area (Å²) in [7, 11) is 0. The molecule has 1 aromatic rings. The maximum Gasteiger partial charge on any atom is 0.260 e. The largest absolute Gasteiger partial charge is 0.399 e. The lowest BCUT2D eigenvalue weighted by Gasteiger charge is -2.19. The third-order valence-electron chi connectivity index (χ3n) is 2.82. The minimum atomic E-state index is -0.653. The molecule has 94 valence electrons. The van der Waals surface area contributed by atoms with Crippen LogP contribution in [0.5, 0.6) is 0 Å². The zero-order chi connectivity index (χ0) is 13.1. The van der Waals surface area contributed by atoms with Crippen molar-refractivity contribution in [1.82, 2.24) is 5.32 Å². The smallest absolute Gasteiger partial charge is 0.260 e. The summed E-state index contributed by atoms with van der Waals surface area (Å²) < 4.78 is 0. The first kappa shape index (κ1) is 12.3. The topological polar surface area (TPSA) is 84.6 Å². The van der Waals surface area contributed by atoms with Gasteiger partial charge in [-0.3, -0.25) is 9.59 Å². The molecule has 18 heavy (non-hydrogen) atoms. The maximum absolute atomic E-state index is 11.8. The van der Waals surface area contributed by atoms with Crippen molar-refractivity contribution in [2.45, 2.75) is 19.8 Å². The van der Waals surface area contributed by atoms with Crippen molar-refractivity contribution < 1.29 is 9.59 Å². The number of nitrogens with two attached hydrogens (primary N) is 1. The second-order valence-electron chi connectivity index (χ2n) is 4.25. The third kappa shape index (κ3) is 2.40. The van der Waals surface area contributed by atoms with Crippen LogP contribution in [-0.4, -0.2) is 17.6 Å². The van der Waals surface area contributed by atoms with Crippen LogP contribution in [0.15, 0.2) is 29.3 Å². The molecule has 5 heteroatoms. The quantitative estimate of drug-likeness (QED) is 0.617. The Labute approximate surface area is 105 Å². The molecule has 1 aliphatic heterocycles.